The molecule has 2 rings (SSSR count). The molecule has 0 saturated heterocycles. The van der Waals surface area contributed by atoms with Gasteiger partial charge in [-0.3, -0.25) is 0 Å². The van der Waals surface area contributed by atoms with Crippen LogP contribution in [0, 0.1) is 24.2 Å². The summed E-state index contributed by atoms with van der Waals surface area (Å²) in [5.41, 5.74) is 1.27. The molecule has 1 heterocycles. The zero-order chi connectivity index (χ0) is 12.3. The minimum Gasteiger partial charge on any atom is -0.351 e. The number of rotatable bonds is 2. The lowest BCUT2D eigenvalue weighted by molar-refractivity contribution is 0.348. The minimum atomic E-state index is 0.434. The molecular weight excluding hydrogens is 212 g/mol. The van der Waals surface area contributed by atoms with Gasteiger partial charge in [0.25, 0.3) is 0 Å². The van der Waals surface area contributed by atoms with Crippen molar-refractivity contribution in [3.8, 4) is 6.07 Å². The maximum absolute atomic E-state index is 8.88. The first-order valence-electron chi connectivity index (χ1n) is 6.21. The molecule has 0 amide bonds. The van der Waals surface area contributed by atoms with E-state index in [2.05, 4.69) is 28.3 Å². The molecule has 1 saturated carbocycles. The van der Waals surface area contributed by atoms with E-state index in [9.17, 15) is 0 Å². The third-order valence-corrected chi connectivity index (χ3v) is 3.39. The van der Waals surface area contributed by atoms with Crippen molar-refractivity contribution in [1.82, 2.24) is 9.97 Å². The van der Waals surface area contributed by atoms with E-state index in [-0.39, 0.29) is 0 Å². The Kier molecular flexibility index (Phi) is 3.58. The first kappa shape index (κ1) is 11.8. The van der Waals surface area contributed by atoms with E-state index in [4.69, 9.17) is 5.26 Å². The van der Waals surface area contributed by atoms with Crippen molar-refractivity contribution in [2.75, 3.05) is 5.32 Å². The maximum atomic E-state index is 8.88. The Morgan fingerprint density at radius 3 is 2.82 bits per heavy atom. The zero-order valence-electron chi connectivity index (χ0n) is 10.4. The Balaban J connectivity index is 2.12. The molecule has 4 heteroatoms. The summed E-state index contributed by atoms with van der Waals surface area (Å²) in [4.78, 5) is 8.53. The molecule has 0 spiro atoms. The number of nitriles is 1. The van der Waals surface area contributed by atoms with Crippen LogP contribution in [0.1, 0.15) is 44.0 Å². The number of nitrogens with one attached hydrogen (secondary N) is 1. The molecule has 0 radical (unpaired) electrons. The van der Waals surface area contributed by atoms with Crippen LogP contribution in [-0.2, 0) is 0 Å². The summed E-state index contributed by atoms with van der Waals surface area (Å²) in [6.07, 6.45) is 5.01. The van der Waals surface area contributed by atoms with Crippen LogP contribution in [0.3, 0.4) is 0 Å². The van der Waals surface area contributed by atoms with E-state index in [1.807, 2.05) is 6.92 Å². The molecule has 1 aliphatic carbocycles. The van der Waals surface area contributed by atoms with E-state index < -0.39 is 0 Å². The predicted octanol–water partition coefficient (Wildman–Crippen LogP) is 2.65. The van der Waals surface area contributed by atoms with Gasteiger partial charge in [-0.25, -0.2) is 9.97 Å². The molecule has 0 aromatic carbocycles. The number of aromatic nitrogens is 2. The van der Waals surface area contributed by atoms with Crippen molar-refractivity contribution in [3.63, 3.8) is 0 Å². The van der Waals surface area contributed by atoms with Gasteiger partial charge in [0.05, 0.1) is 0 Å². The second-order valence-electron chi connectivity index (χ2n) is 4.84. The van der Waals surface area contributed by atoms with Crippen LogP contribution in [0.4, 0.5) is 5.95 Å². The lowest BCUT2D eigenvalue weighted by Gasteiger charge is -2.29. The van der Waals surface area contributed by atoms with Crippen molar-refractivity contribution in [3.05, 3.63) is 17.5 Å². The summed E-state index contributed by atoms with van der Waals surface area (Å²) in [6, 6.07) is 4.21. The molecule has 0 bridgehead atoms. The number of aryl methyl sites for hydroxylation is 1. The van der Waals surface area contributed by atoms with Gasteiger partial charge in [-0.1, -0.05) is 19.8 Å². The first-order chi connectivity index (χ1) is 8.19. The lowest BCUT2D eigenvalue weighted by atomic mass is 9.86. The third kappa shape index (κ3) is 2.94. The summed E-state index contributed by atoms with van der Waals surface area (Å²) < 4.78 is 0. The number of anilines is 1. The second-order valence-corrected chi connectivity index (χ2v) is 4.84. The molecule has 0 aliphatic heterocycles. The fourth-order valence-corrected chi connectivity index (χ4v) is 2.39. The highest BCUT2D eigenvalue weighted by atomic mass is 15.1. The summed E-state index contributed by atoms with van der Waals surface area (Å²) in [6.45, 7) is 4.15. The van der Waals surface area contributed by atoms with Crippen LogP contribution in [0.15, 0.2) is 6.07 Å². The molecule has 1 aromatic rings. The minimum absolute atomic E-state index is 0.434. The van der Waals surface area contributed by atoms with Gasteiger partial charge in [0.1, 0.15) is 11.8 Å². The van der Waals surface area contributed by atoms with Gasteiger partial charge in [0, 0.05) is 11.7 Å². The van der Waals surface area contributed by atoms with Crippen molar-refractivity contribution in [2.45, 2.75) is 45.6 Å². The largest absolute Gasteiger partial charge is 0.351 e. The van der Waals surface area contributed by atoms with E-state index in [1.165, 1.54) is 25.7 Å². The molecule has 1 N–H and O–H groups in total. The molecule has 1 aliphatic rings. The Bertz CT molecular complexity index is 436. The van der Waals surface area contributed by atoms with E-state index >= 15 is 0 Å². The maximum Gasteiger partial charge on any atom is 0.224 e. The fourth-order valence-electron chi connectivity index (χ4n) is 2.39. The average molecular weight is 230 g/mol. The van der Waals surface area contributed by atoms with E-state index in [0.29, 0.717) is 23.6 Å². The van der Waals surface area contributed by atoms with Crippen molar-refractivity contribution in [1.29, 1.82) is 5.26 Å². The highest BCUT2D eigenvalue weighted by Gasteiger charge is 2.21. The number of nitrogens with zero attached hydrogens (tertiary/aromatic N) is 3. The van der Waals surface area contributed by atoms with Gasteiger partial charge in [-0.2, -0.15) is 5.26 Å². The Hall–Kier alpha value is -1.63. The third-order valence-electron chi connectivity index (χ3n) is 3.39. The molecule has 2 atom stereocenters. The molecule has 1 fully saturated rings. The zero-order valence-corrected chi connectivity index (χ0v) is 10.4. The molecule has 1 aromatic heterocycles. The SMILES string of the molecule is Cc1cc(C#N)nc(NC2CCCCC2C)n1. The van der Waals surface area contributed by atoms with Crippen molar-refractivity contribution in [2.24, 2.45) is 5.92 Å². The average Bonchev–Trinajstić information content (AvgIpc) is 2.31. The second kappa shape index (κ2) is 5.13. The van der Waals surface area contributed by atoms with E-state index in [1.54, 1.807) is 6.07 Å². The molecule has 2 unspecified atom stereocenters. The molecular formula is C13H18N4. The highest BCUT2D eigenvalue weighted by Crippen LogP contribution is 2.25. The van der Waals surface area contributed by atoms with Crippen LogP contribution in [0.5, 0.6) is 0 Å². The Morgan fingerprint density at radius 2 is 2.12 bits per heavy atom. The van der Waals surface area contributed by atoms with E-state index in [0.717, 1.165) is 5.69 Å². The number of hydrogen-bond donors (Lipinski definition) is 1. The lowest BCUT2D eigenvalue weighted by Crippen LogP contribution is -2.31. The monoisotopic (exact) mass is 230 g/mol. The standard InChI is InChI=1S/C13H18N4/c1-9-5-3-4-6-12(9)17-13-15-10(2)7-11(8-14)16-13/h7,9,12H,3-6H2,1-2H3,(H,15,16,17). The van der Waals surface area contributed by atoms with Crippen molar-refractivity contribution >= 4 is 5.95 Å². The summed E-state index contributed by atoms with van der Waals surface area (Å²) in [5.74, 6) is 1.25. The van der Waals surface area contributed by atoms with Crippen LogP contribution in [-0.4, -0.2) is 16.0 Å². The van der Waals surface area contributed by atoms with Crippen LogP contribution in [0.25, 0.3) is 0 Å². The Labute approximate surface area is 102 Å². The van der Waals surface area contributed by atoms with Gasteiger partial charge >= 0.3 is 0 Å². The summed E-state index contributed by atoms with van der Waals surface area (Å²) in [7, 11) is 0. The van der Waals surface area contributed by atoms with Crippen LogP contribution >= 0.6 is 0 Å². The topological polar surface area (TPSA) is 61.6 Å². The Morgan fingerprint density at radius 1 is 1.35 bits per heavy atom. The quantitative estimate of drug-likeness (QED) is 0.848. The van der Waals surface area contributed by atoms with Gasteiger partial charge in [-0.05, 0) is 31.7 Å². The predicted molar refractivity (Wildman–Crippen MR) is 66.5 cm³/mol. The molecule has 4 nitrogen and oxygen atoms in total. The molecule has 17 heavy (non-hydrogen) atoms. The first-order valence-corrected chi connectivity index (χ1v) is 6.21. The smallest absolute Gasteiger partial charge is 0.224 e. The fraction of sp³-hybridized carbons (Fsp3) is 0.615. The van der Waals surface area contributed by atoms with Gasteiger partial charge in [-0.15, -0.1) is 0 Å². The molecule has 90 valence electrons. The summed E-state index contributed by atoms with van der Waals surface area (Å²) >= 11 is 0. The highest BCUT2D eigenvalue weighted by molar-refractivity contribution is 5.34. The van der Waals surface area contributed by atoms with Gasteiger partial charge in [0.2, 0.25) is 5.95 Å². The van der Waals surface area contributed by atoms with Gasteiger partial charge in [0.15, 0.2) is 0 Å². The van der Waals surface area contributed by atoms with Crippen LogP contribution in [0.2, 0.25) is 0 Å². The van der Waals surface area contributed by atoms with Gasteiger partial charge < -0.3 is 5.32 Å². The van der Waals surface area contributed by atoms with Crippen molar-refractivity contribution < 1.29 is 0 Å². The number of hydrogen-bond acceptors (Lipinski definition) is 4. The summed E-state index contributed by atoms with van der Waals surface area (Å²) in [5, 5.41) is 12.2. The van der Waals surface area contributed by atoms with Crippen LogP contribution < -0.4 is 5.32 Å². The normalized spacial score (nSPS) is 24.1.